The summed E-state index contributed by atoms with van der Waals surface area (Å²) in [7, 11) is 0. The molecule has 34 heavy (non-hydrogen) atoms. The van der Waals surface area contributed by atoms with Gasteiger partial charge in [0, 0.05) is 38.4 Å². The van der Waals surface area contributed by atoms with E-state index in [1.54, 1.807) is 4.57 Å². The highest BCUT2D eigenvalue weighted by Gasteiger charge is 2.30. The fourth-order valence-corrected chi connectivity index (χ4v) is 4.41. The van der Waals surface area contributed by atoms with E-state index in [0.717, 1.165) is 23.3 Å². The topological polar surface area (TPSA) is 108 Å². The van der Waals surface area contributed by atoms with Crippen LogP contribution in [0.2, 0.25) is 0 Å². The highest BCUT2D eigenvalue weighted by molar-refractivity contribution is 5.92. The van der Waals surface area contributed by atoms with Crippen LogP contribution in [0.4, 0.5) is 4.39 Å². The normalized spacial score (nSPS) is 14.4. The average Bonchev–Trinajstić information content (AvgIpc) is 3.60. The zero-order valence-corrected chi connectivity index (χ0v) is 19.9. The summed E-state index contributed by atoms with van der Waals surface area (Å²) in [6, 6.07) is 0.926. The van der Waals surface area contributed by atoms with Gasteiger partial charge in [0.1, 0.15) is 17.9 Å². The predicted molar refractivity (Wildman–Crippen MR) is 124 cm³/mol. The van der Waals surface area contributed by atoms with Gasteiger partial charge in [-0.05, 0) is 18.9 Å². The second kappa shape index (κ2) is 9.28. The Labute approximate surface area is 195 Å². The lowest BCUT2D eigenvalue weighted by Crippen LogP contribution is -2.54. The molecule has 3 aromatic rings. The highest BCUT2D eigenvalue weighted by atomic mass is 19.1. The number of carbonyl (C=O) groups is 1. The van der Waals surface area contributed by atoms with Gasteiger partial charge >= 0.3 is 11.7 Å². The van der Waals surface area contributed by atoms with Gasteiger partial charge < -0.3 is 9.67 Å². The van der Waals surface area contributed by atoms with Crippen molar-refractivity contribution < 1.29 is 14.3 Å². The van der Waals surface area contributed by atoms with Crippen LogP contribution in [0, 0.1) is 5.82 Å². The summed E-state index contributed by atoms with van der Waals surface area (Å²) < 4.78 is 19.0. The molecule has 0 spiro atoms. The van der Waals surface area contributed by atoms with Gasteiger partial charge in [-0.15, -0.1) is 5.10 Å². The number of aromatic carboxylic acids is 1. The Morgan fingerprint density at radius 1 is 1.12 bits per heavy atom. The first-order valence-corrected chi connectivity index (χ1v) is 11.6. The number of carboxylic acids is 1. The maximum absolute atomic E-state index is 15.1. The molecule has 0 aromatic carbocycles. The third-order valence-corrected chi connectivity index (χ3v) is 6.32. The van der Waals surface area contributed by atoms with E-state index in [4.69, 9.17) is 0 Å². The minimum atomic E-state index is -1.39. The lowest BCUT2D eigenvalue weighted by molar-refractivity contribution is -0.201. The molecule has 1 fully saturated rings. The van der Waals surface area contributed by atoms with Crippen molar-refractivity contribution in [2.45, 2.75) is 53.2 Å². The van der Waals surface area contributed by atoms with E-state index in [1.807, 2.05) is 32.8 Å². The van der Waals surface area contributed by atoms with Crippen LogP contribution in [0.25, 0.3) is 16.7 Å². The fourth-order valence-electron chi connectivity index (χ4n) is 4.41. The molecule has 3 aromatic heterocycles. The Bertz CT molecular complexity index is 1340. The van der Waals surface area contributed by atoms with Crippen molar-refractivity contribution in [3.8, 4) is 0 Å². The number of rotatable bonds is 10. The third kappa shape index (κ3) is 3.91. The van der Waals surface area contributed by atoms with Crippen LogP contribution in [0.15, 0.2) is 21.9 Å². The standard InChI is InChI=1S/C22H30FN7O4/c1-5-25(6-2)29(26(7-3)8-4)13-28-22(34)30-19(24-28)17(23)11-15-18(31)16(21(32)33)12-27(20(15)30)14-9-10-14/h11-12,14H,5-10,13H2,1-4H3,(H,32,33). The van der Waals surface area contributed by atoms with Gasteiger partial charge in [0.05, 0.1) is 5.39 Å². The average molecular weight is 476 g/mol. The van der Waals surface area contributed by atoms with Crippen molar-refractivity contribution in [1.29, 1.82) is 0 Å². The van der Waals surface area contributed by atoms with E-state index in [-0.39, 0.29) is 29.4 Å². The molecule has 4 rings (SSSR count). The zero-order valence-electron chi connectivity index (χ0n) is 19.9. The fraction of sp³-hybridized carbons (Fsp3) is 0.545. The number of hydrogen-bond donors (Lipinski definition) is 1. The summed E-state index contributed by atoms with van der Waals surface area (Å²) >= 11 is 0. The van der Waals surface area contributed by atoms with E-state index in [9.17, 15) is 19.5 Å². The molecule has 0 amide bonds. The summed E-state index contributed by atoms with van der Waals surface area (Å²) in [6.07, 6.45) is 2.80. The minimum Gasteiger partial charge on any atom is -0.477 e. The van der Waals surface area contributed by atoms with Crippen molar-refractivity contribution in [1.82, 2.24) is 33.9 Å². The molecule has 1 N–H and O–H groups in total. The van der Waals surface area contributed by atoms with Crippen molar-refractivity contribution in [3.63, 3.8) is 0 Å². The molecule has 0 atom stereocenters. The predicted octanol–water partition coefficient (Wildman–Crippen LogP) is 1.76. The molecule has 1 aliphatic rings. The van der Waals surface area contributed by atoms with Crippen LogP contribution in [-0.2, 0) is 6.67 Å². The van der Waals surface area contributed by atoms with Gasteiger partial charge in [-0.2, -0.15) is 9.80 Å². The summed E-state index contributed by atoms with van der Waals surface area (Å²) in [4.78, 5) is 38.1. The number of hydrazine groups is 2. The monoisotopic (exact) mass is 475 g/mol. The van der Waals surface area contributed by atoms with E-state index in [0.29, 0.717) is 26.2 Å². The summed E-state index contributed by atoms with van der Waals surface area (Å²) in [6.45, 7) is 10.9. The SMILES string of the molecule is CCN(CC)N(Cn1nc2c(F)cc3c(=O)c(C(=O)O)cn(C4CC4)c3n2c1=O)N(CC)CC. The Hall–Kier alpha value is -3.09. The summed E-state index contributed by atoms with van der Waals surface area (Å²) in [5, 5.41) is 19.6. The zero-order chi connectivity index (χ0) is 24.7. The molecule has 0 unspecified atom stereocenters. The van der Waals surface area contributed by atoms with Gasteiger partial charge in [0.15, 0.2) is 11.5 Å². The third-order valence-electron chi connectivity index (χ3n) is 6.32. The number of carboxylic acid groups (broad SMARTS) is 1. The van der Waals surface area contributed by atoms with Crippen LogP contribution < -0.4 is 11.1 Å². The van der Waals surface area contributed by atoms with Crippen LogP contribution in [0.1, 0.15) is 56.9 Å². The Kier molecular flexibility index (Phi) is 6.56. The molecular weight excluding hydrogens is 445 g/mol. The van der Waals surface area contributed by atoms with Gasteiger partial charge in [-0.25, -0.2) is 28.4 Å². The first-order valence-electron chi connectivity index (χ1n) is 11.6. The summed E-state index contributed by atoms with van der Waals surface area (Å²) in [5.74, 6) is -2.25. The van der Waals surface area contributed by atoms with Crippen molar-refractivity contribution in [2.24, 2.45) is 0 Å². The highest BCUT2D eigenvalue weighted by Crippen LogP contribution is 2.37. The molecule has 184 valence electrons. The van der Waals surface area contributed by atoms with Crippen LogP contribution in [-0.4, -0.2) is 71.1 Å². The molecule has 12 heteroatoms. The molecule has 3 heterocycles. The maximum atomic E-state index is 15.1. The minimum absolute atomic E-state index is 0.0612. The first kappa shape index (κ1) is 24.0. The largest absolute Gasteiger partial charge is 0.477 e. The van der Waals surface area contributed by atoms with Gasteiger partial charge in [-0.3, -0.25) is 4.79 Å². The van der Waals surface area contributed by atoms with E-state index < -0.39 is 28.5 Å². The van der Waals surface area contributed by atoms with Crippen LogP contribution >= 0.6 is 0 Å². The molecular formula is C22H30FN7O4. The Morgan fingerprint density at radius 3 is 2.21 bits per heavy atom. The van der Waals surface area contributed by atoms with Crippen molar-refractivity contribution in [2.75, 3.05) is 26.2 Å². The van der Waals surface area contributed by atoms with Crippen LogP contribution in [0.3, 0.4) is 0 Å². The molecule has 1 saturated carbocycles. The Morgan fingerprint density at radius 2 is 1.71 bits per heavy atom. The Balaban J connectivity index is 1.98. The number of aromatic nitrogens is 4. The molecule has 0 bridgehead atoms. The number of hydrogen-bond acceptors (Lipinski definition) is 7. The number of nitrogens with zero attached hydrogens (tertiary/aromatic N) is 7. The molecule has 0 aliphatic heterocycles. The lowest BCUT2D eigenvalue weighted by Gasteiger charge is -2.40. The quantitative estimate of drug-likeness (QED) is 0.442. The first-order chi connectivity index (χ1) is 16.3. The molecule has 1 aliphatic carbocycles. The maximum Gasteiger partial charge on any atom is 0.353 e. The van der Waals surface area contributed by atoms with Crippen molar-refractivity contribution in [3.05, 3.63) is 44.4 Å². The molecule has 0 radical (unpaired) electrons. The van der Waals surface area contributed by atoms with Gasteiger partial charge in [0.25, 0.3) is 0 Å². The lowest BCUT2D eigenvalue weighted by atomic mass is 10.2. The second-order valence-electron chi connectivity index (χ2n) is 8.28. The van der Waals surface area contributed by atoms with Crippen molar-refractivity contribution >= 4 is 22.6 Å². The molecule has 0 saturated heterocycles. The van der Waals surface area contributed by atoms with E-state index in [2.05, 4.69) is 15.1 Å². The smallest absolute Gasteiger partial charge is 0.353 e. The number of pyridine rings is 2. The molecule has 11 nitrogen and oxygen atoms in total. The number of fused-ring (bicyclic) bond motifs is 3. The van der Waals surface area contributed by atoms with E-state index in [1.165, 1.54) is 10.9 Å². The number of halogens is 1. The van der Waals surface area contributed by atoms with Gasteiger partial charge in [0.2, 0.25) is 5.43 Å². The summed E-state index contributed by atoms with van der Waals surface area (Å²) in [5.41, 5.74) is -1.91. The van der Waals surface area contributed by atoms with Gasteiger partial charge in [-0.1, -0.05) is 27.7 Å². The second-order valence-corrected chi connectivity index (χ2v) is 8.28. The van der Waals surface area contributed by atoms with Crippen LogP contribution in [0.5, 0.6) is 0 Å². The van der Waals surface area contributed by atoms with E-state index >= 15 is 4.39 Å².